The van der Waals surface area contributed by atoms with Gasteiger partial charge < -0.3 is 15.2 Å². The first-order chi connectivity index (χ1) is 8.76. The molecule has 1 aliphatic rings. The van der Waals surface area contributed by atoms with Crippen molar-refractivity contribution in [2.75, 3.05) is 33.9 Å². The Labute approximate surface area is 121 Å². The van der Waals surface area contributed by atoms with E-state index < -0.39 is 0 Å². The van der Waals surface area contributed by atoms with Gasteiger partial charge >= 0.3 is 0 Å². The van der Waals surface area contributed by atoms with Crippen molar-refractivity contribution in [3.8, 4) is 11.5 Å². The van der Waals surface area contributed by atoms with Crippen LogP contribution >= 0.6 is 12.4 Å². The third kappa shape index (κ3) is 4.00. The number of halogens is 1. The first kappa shape index (κ1) is 16.1. The lowest BCUT2D eigenvalue weighted by Crippen LogP contribution is -2.23. The van der Waals surface area contributed by atoms with Crippen molar-refractivity contribution >= 4 is 12.4 Å². The van der Waals surface area contributed by atoms with Gasteiger partial charge in [0.1, 0.15) is 11.5 Å². The molecule has 1 aromatic rings. The van der Waals surface area contributed by atoms with Crippen LogP contribution in [-0.2, 0) is 6.54 Å². The molecule has 108 valence electrons. The van der Waals surface area contributed by atoms with Crippen LogP contribution in [0.15, 0.2) is 18.2 Å². The lowest BCUT2D eigenvalue weighted by atomic mass is 10.1. The molecule has 5 heteroatoms. The predicted molar refractivity (Wildman–Crippen MR) is 79.2 cm³/mol. The zero-order chi connectivity index (χ0) is 13.0. The molecule has 1 aromatic carbocycles. The molecule has 1 fully saturated rings. The number of ether oxygens (including phenoxy) is 2. The Hall–Kier alpha value is -0.970. The van der Waals surface area contributed by atoms with Gasteiger partial charge in [0.25, 0.3) is 0 Å². The van der Waals surface area contributed by atoms with Crippen LogP contribution in [0.4, 0.5) is 0 Å². The molecule has 1 saturated heterocycles. The van der Waals surface area contributed by atoms with E-state index in [-0.39, 0.29) is 12.4 Å². The lowest BCUT2D eigenvalue weighted by molar-refractivity contribution is 0.308. The fourth-order valence-electron chi connectivity index (χ4n) is 2.50. The molecule has 19 heavy (non-hydrogen) atoms. The highest BCUT2D eigenvalue weighted by Crippen LogP contribution is 2.27. The first-order valence-electron chi connectivity index (χ1n) is 6.40. The maximum absolute atomic E-state index is 5.72. The van der Waals surface area contributed by atoms with E-state index in [4.69, 9.17) is 15.2 Å². The summed E-state index contributed by atoms with van der Waals surface area (Å²) in [6.07, 6.45) is 1.20. The molecule has 0 aliphatic carbocycles. The van der Waals surface area contributed by atoms with E-state index in [1.807, 2.05) is 12.1 Å². The van der Waals surface area contributed by atoms with Gasteiger partial charge in [-0.1, -0.05) is 0 Å². The molecule has 0 saturated carbocycles. The number of likely N-dealkylation sites (tertiary alicyclic amines) is 1. The number of methoxy groups -OCH3 is 2. The molecule has 1 heterocycles. The molecule has 1 atom stereocenters. The SMILES string of the molecule is COc1ccc(OC)c(CN2CCC(CN)C2)c1.Cl. The predicted octanol–water partition coefficient (Wildman–Crippen LogP) is 1.91. The van der Waals surface area contributed by atoms with E-state index in [0.717, 1.165) is 37.7 Å². The molecule has 2 rings (SSSR count). The average Bonchev–Trinajstić information content (AvgIpc) is 2.86. The summed E-state index contributed by atoms with van der Waals surface area (Å²) >= 11 is 0. The van der Waals surface area contributed by atoms with E-state index in [9.17, 15) is 0 Å². The molecule has 4 nitrogen and oxygen atoms in total. The molecule has 2 N–H and O–H groups in total. The summed E-state index contributed by atoms with van der Waals surface area (Å²) in [5.41, 5.74) is 6.90. The van der Waals surface area contributed by atoms with E-state index >= 15 is 0 Å². The monoisotopic (exact) mass is 286 g/mol. The van der Waals surface area contributed by atoms with Crippen molar-refractivity contribution < 1.29 is 9.47 Å². The Morgan fingerprint density at radius 3 is 2.68 bits per heavy atom. The molecule has 0 aromatic heterocycles. The summed E-state index contributed by atoms with van der Waals surface area (Å²) in [5, 5.41) is 0. The number of benzene rings is 1. The number of nitrogens with two attached hydrogens (primary N) is 1. The highest BCUT2D eigenvalue weighted by Gasteiger charge is 2.22. The summed E-state index contributed by atoms with van der Waals surface area (Å²) in [5.74, 6) is 2.44. The van der Waals surface area contributed by atoms with Crippen LogP contribution in [0.5, 0.6) is 11.5 Å². The molecule has 0 spiro atoms. The topological polar surface area (TPSA) is 47.7 Å². The van der Waals surface area contributed by atoms with Gasteiger partial charge in [-0.15, -0.1) is 12.4 Å². The molecular weight excluding hydrogens is 264 g/mol. The van der Waals surface area contributed by atoms with Crippen LogP contribution in [0.25, 0.3) is 0 Å². The van der Waals surface area contributed by atoms with Gasteiger partial charge in [-0.3, -0.25) is 4.90 Å². The maximum atomic E-state index is 5.72. The largest absolute Gasteiger partial charge is 0.497 e. The number of hydrogen-bond donors (Lipinski definition) is 1. The summed E-state index contributed by atoms with van der Waals surface area (Å²) in [4.78, 5) is 2.43. The second-order valence-electron chi connectivity index (χ2n) is 4.80. The van der Waals surface area contributed by atoms with Crippen molar-refractivity contribution in [1.29, 1.82) is 0 Å². The van der Waals surface area contributed by atoms with Crippen molar-refractivity contribution in [3.05, 3.63) is 23.8 Å². The minimum absolute atomic E-state index is 0. The molecule has 0 amide bonds. The van der Waals surface area contributed by atoms with Crippen LogP contribution < -0.4 is 15.2 Å². The number of hydrogen-bond acceptors (Lipinski definition) is 4. The second kappa shape index (κ2) is 7.58. The fourth-order valence-corrected chi connectivity index (χ4v) is 2.50. The second-order valence-corrected chi connectivity index (χ2v) is 4.80. The van der Waals surface area contributed by atoms with Crippen LogP contribution in [0.2, 0.25) is 0 Å². The third-order valence-electron chi connectivity index (χ3n) is 3.58. The third-order valence-corrected chi connectivity index (χ3v) is 3.58. The molecule has 0 bridgehead atoms. The molecule has 0 radical (unpaired) electrons. The lowest BCUT2D eigenvalue weighted by Gasteiger charge is -2.18. The van der Waals surface area contributed by atoms with E-state index in [1.165, 1.54) is 12.0 Å². The molecular formula is C14H23ClN2O2. The fraction of sp³-hybridized carbons (Fsp3) is 0.571. The Bertz CT molecular complexity index is 401. The summed E-state index contributed by atoms with van der Waals surface area (Å²) in [6.45, 7) is 3.88. The summed E-state index contributed by atoms with van der Waals surface area (Å²) < 4.78 is 10.7. The van der Waals surface area contributed by atoms with Crippen LogP contribution in [-0.4, -0.2) is 38.8 Å². The van der Waals surface area contributed by atoms with Gasteiger partial charge in [-0.25, -0.2) is 0 Å². The number of nitrogens with zero attached hydrogens (tertiary/aromatic N) is 1. The first-order valence-corrected chi connectivity index (χ1v) is 6.40. The Balaban J connectivity index is 0.00000180. The summed E-state index contributed by atoms with van der Waals surface area (Å²) in [6, 6.07) is 5.94. The van der Waals surface area contributed by atoms with Crippen LogP contribution in [0.3, 0.4) is 0 Å². The molecule has 1 aliphatic heterocycles. The normalized spacial score (nSPS) is 19.0. The van der Waals surface area contributed by atoms with Gasteiger partial charge in [0.15, 0.2) is 0 Å². The van der Waals surface area contributed by atoms with Gasteiger partial charge in [0.2, 0.25) is 0 Å². The minimum atomic E-state index is 0. The van der Waals surface area contributed by atoms with Crippen molar-refractivity contribution in [2.24, 2.45) is 11.7 Å². The zero-order valence-corrected chi connectivity index (χ0v) is 12.4. The van der Waals surface area contributed by atoms with Gasteiger partial charge in [0, 0.05) is 18.7 Å². The average molecular weight is 287 g/mol. The van der Waals surface area contributed by atoms with Crippen molar-refractivity contribution in [1.82, 2.24) is 4.90 Å². The highest BCUT2D eigenvalue weighted by atomic mass is 35.5. The molecule has 1 unspecified atom stereocenters. The van der Waals surface area contributed by atoms with E-state index in [0.29, 0.717) is 5.92 Å². The highest BCUT2D eigenvalue weighted by molar-refractivity contribution is 5.85. The van der Waals surface area contributed by atoms with Crippen LogP contribution in [0.1, 0.15) is 12.0 Å². The van der Waals surface area contributed by atoms with Crippen molar-refractivity contribution in [3.63, 3.8) is 0 Å². The van der Waals surface area contributed by atoms with Gasteiger partial charge in [0.05, 0.1) is 14.2 Å². The minimum Gasteiger partial charge on any atom is -0.497 e. The van der Waals surface area contributed by atoms with E-state index in [1.54, 1.807) is 14.2 Å². The van der Waals surface area contributed by atoms with Crippen molar-refractivity contribution in [2.45, 2.75) is 13.0 Å². The Morgan fingerprint density at radius 2 is 2.11 bits per heavy atom. The van der Waals surface area contributed by atoms with E-state index in [2.05, 4.69) is 11.0 Å². The zero-order valence-electron chi connectivity index (χ0n) is 11.6. The maximum Gasteiger partial charge on any atom is 0.123 e. The Kier molecular flexibility index (Phi) is 6.42. The summed E-state index contributed by atoms with van der Waals surface area (Å²) in [7, 11) is 3.39. The Morgan fingerprint density at radius 1 is 1.32 bits per heavy atom. The quantitative estimate of drug-likeness (QED) is 0.898. The van der Waals surface area contributed by atoms with Gasteiger partial charge in [-0.05, 0) is 43.6 Å². The van der Waals surface area contributed by atoms with Gasteiger partial charge in [-0.2, -0.15) is 0 Å². The smallest absolute Gasteiger partial charge is 0.123 e. The number of rotatable bonds is 5. The van der Waals surface area contributed by atoms with Crippen LogP contribution in [0, 0.1) is 5.92 Å². The standard InChI is InChI=1S/C14H22N2O2.ClH/c1-17-13-3-4-14(18-2)12(7-13)10-16-6-5-11(8-15)9-16;/h3-4,7,11H,5-6,8-10,15H2,1-2H3;1H.